The number of aromatic nitrogens is 1. The van der Waals surface area contributed by atoms with Gasteiger partial charge in [-0.1, -0.05) is 71.9 Å². The van der Waals surface area contributed by atoms with Crippen molar-refractivity contribution in [3.8, 4) is 11.3 Å². The molecule has 5 aromatic rings. The van der Waals surface area contributed by atoms with Gasteiger partial charge >= 0.3 is 20.1 Å². The summed E-state index contributed by atoms with van der Waals surface area (Å²) in [6, 6.07) is 40.5. The minimum atomic E-state index is -0.0539. The molecule has 0 saturated carbocycles. The summed E-state index contributed by atoms with van der Waals surface area (Å²) in [6.45, 7) is 16.0. The molecule has 3 heterocycles. The average Bonchev–Trinajstić information content (AvgIpc) is 3.41. The van der Waals surface area contributed by atoms with Crippen molar-refractivity contribution in [3.05, 3.63) is 144 Å². The van der Waals surface area contributed by atoms with Crippen LogP contribution < -0.4 is 9.80 Å². The molecule has 4 aromatic carbocycles. The molecule has 218 valence electrons. The van der Waals surface area contributed by atoms with Crippen LogP contribution in [0.4, 0.5) is 22.7 Å². The summed E-state index contributed by atoms with van der Waals surface area (Å²) < 4.78 is 0. The SMILES string of the molecule is CC(C)c1cc(C(C)C)cc(N2[CH-]N3c4[c-]cccc4C(C)(C)c4cccc2c43)c1.[Ir+3].[c-]1ccccc1-c1ccccn1. The molecule has 43 heavy (non-hydrogen) atoms. The van der Waals surface area contributed by atoms with Gasteiger partial charge in [-0.25, -0.2) is 0 Å². The summed E-state index contributed by atoms with van der Waals surface area (Å²) in [5, 5.41) is 0. The number of fused-ring (bicyclic) bond motifs is 2. The first-order chi connectivity index (χ1) is 20.3. The fourth-order valence-electron chi connectivity index (χ4n) is 5.91. The van der Waals surface area contributed by atoms with Gasteiger partial charge in [0.1, 0.15) is 0 Å². The van der Waals surface area contributed by atoms with E-state index in [9.17, 15) is 0 Å². The summed E-state index contributed by atoms with van der Waals surface area (Å²) in [6.07, 6.45) is 1.79. The van der Waals surface area contributed by atoms with Crippen LogP contribution >= 0.6 is 0 Å². The van der Waals surface area contributed by atoms with Crippen molar-refractivity contribution >= 4 is 22.7 Å². The van der Waals surface area contributed by atoms with Crippen molar-refractivity contribution in [1.82, 2.24) is 4.98 Å². The Bertz CT molecular complexity index is 1630. The Morgan fingerprint density at radius 3 is 2.07 bits per heavy atom. The molecule has 2 aliphatic heterocycles. The van der Waals surface area contributed by atoms with E-state index < -0.39 is 0 Å². The van der Waals surface area contributed by atoms with E-state index >= 15 is 0 Å². The monoisotopic (exact) mass is 741 g/mol. The van der Waals surface area contributed by atoms with Gasteiger partial charge in [0.15, 0.2) is 0 Å². The van der Waals surface area contributed by atoms with E-state index in [1.54, 1.807) is 6.20 Å². The molecule has 2 aliphatic rings. The molecular formula is C39H38IrN3. The van der Waals surface area contributed by atoms with Crippen LogP contribution in [0.3, 0.4) is 0 Å². The molecule has 0 atom stereocenters. The summed E-state index contributed by atoms with van der Waals surface area (Å²) in [7, 11) is 0. The predicted molar refractivity (Wildman–Crippen MR) is 176 cm³/mol. The van der Waals surface area contributed by atoms with Crippen molar-refractivity contribution in [2.45, 2.75) is 58.8 Å². The maximum absolute atomic E-state index is 4.22. The molecule has 4 heteroatoms. The summed E-state index contributed by atoms with van der Waals surface area (Å²) in [4.78, 5) is 8.92. The van der Waals surface area contributed by atoms with Crippen LogP contribution in [0.2, 0.25) is 0 Å². The number of para-hydroxylation sites is 2. The first kappa shape index (κ1) is 30.7. The Balaban J connectivity index is 0.000000238. The second kappa shape index (κ2) is 12.5. The maximum atomic E-state index is 4.22. The first-order valence-corrected chi connectivity index (χ1v) is 14.9. The van der Waals surface area contributed by atoms with Gasteiger partial charge in [0.25, 0.3) is 0 Å². The largest absolute Gasteiger partial charge is 3.00 e. The van der Waals surface area contributed by atoms with E-state index in [1.165, 1.54) is 39.3 Å². The number of benzene rings is 4. The van der Waals surface area contributed by atoms with Crippen molar-refractivity contribution in [2.24, 2.45) is 0 Å². The standard InChI is InChI=1S/C28H30N2.C11H8N.Ir/c1-18(2)20-14-21(19(3)4)16-22(15-20)29-17-30-25-12-8-7-10-23(25)28(5,6)24-11-9-13-26(29)27(24)30;1-2-6-10(7-3-1)11-8-4-5-9-12-11;/h7-11,13-19H,1-6H3;1-6,8-9H;/q-2;-1;+3. The van der Waals surface area contributed by atoms with Gasteiger partial charge in [0.2, 0.25) is 0 Å². The van der Waals surface area contributed by atoms with Gasteiger partial charge in [-0.05, 0) is 63.9 Å². The van der Waals surface area contributed by atoms with Gasteiger partial charge in [-0.15, -0.1) is 53.8 Å². The zero-order valence-corrected chi connectivity index (χ0v) is 28.1. The molecule has 7 rings (SSSR count). The Morgan fingerprint density at radius 2 is 1.42 bits per heavy atom. The third kappa shape index (κ3) is 5.79. The first-order valence-electron chi connectivity index (χ1n) is 14.9. The van der Waals surface area contributed by atoms with Crippen LogP contribution in [0.15, 0.2) is 103 Å². The van der Waals surface area contributed by atoms with Crippen molar-refractivity contribution in [2.75, 3.05) is 9.80 Å². The molecule has 0 bridgehead atoms. The number of hydrogen-bond donors (Lipinski definition) is 0. The van der Waals surface area contributed by atoms with Gasteiger partial charge in [0, 0.05) is 23.3 Å². The Kier molecular flexibility index (Phi) is 8.92. The van der Waals surface area contributed by atoms with Crippen LogP contribution in [0.1, 0.15) is 75.6 Å². The van der Waals surface area contributed by atoms with Crippen LogP contribution in [-0.4, -0.2) is 4.98 Å². The quantitative estimate of drug-likeness (QED) is 0.171. The van der Waals surface area contributed by atoms with Crippen LogP contribution in [0, 0.1) is 18.8 Å². The Labute approximate surface area is 271 Å². The van der Waals surface area contributed by atoms with Gasteiger partial charge in [-0.3, -0.25) is 0 Å². The van der Waals surface area contributed by atoms with E-state index in [0.717, 1.165) is 16.9 Å². The normalized spacial score (nSPS) is 14.0. The second-order valence-corrected chi connectivity index (χ2v) is 12.2. The van der Waals surface area contributed by atoms with E-state index in [4.69, 9.17) is 0 Å². The third-order valence-electron chi connectivity index (χ3n) is 8.39. The molecule has 3 nitrogen and oxygen atoms in total. The molecule has 0 aliphatic carbocycles. The average molecular weight is 741 g/mol. The van der Waals surface area contributed by atoms with Gasteiger partial charge < -0.3 is 14.8 Å². The molecule has 1 aromatic heterocycles. The van der Waals surface area contributed by atoms with E-state index in [-0.39, 0.29) is 25.5 Å². The summed E-state index contributed by atoms with van der Waals surface area (Å²) >= 11 is 0. The van der Waals surface area contributed by atoms with Crippen LogP contribution in [0.5, 0.6) is 0 Å². The molecular weight excluding hydrogens is 703 g/mol. The van der Waals surface area contributed by atoms with Crippen molar-refractivity contribution in [1.29, 1.82) is 0 Å². The number of anilines is 4. The molecule has 0 unspecified atom stereocenters. The number of hydrogen-bond acceptors (Lipinski definition) is 3. The van der Waals surface area contributed by atoms with Crippen molar-refractivity contribution in [3.63, 3.8) is 0 Å². The minimum Gasteiger partial charge on any atom is -0.493 e. The Morgan fingerprint density at radius 1 is 0.721 bits per heavy atom. The van der Waals surface area contributed by atoms with E-state index in [0.29, 0.717) is 11.8 Å². The minimum absolute atomic E-state index is 0. The molecule has 0 spiro atoms. The zero-order valence-electron chi connectivity index (χ0n) is 25.7. The smallest absolute Gasteiger partial charge is 0.493 e. The maximum Gasteiger partial charge on any atom is 3.00 e. The fraction of sp³-hybridized carbons (Fsp3) is 0.231. The van der Waals surface area contributed by atoms with Crippen molar-refractivity contribution < 1.29 is 20.1 Å². The predicted octanol–water partition coefficient (Wildman–Crippen LogP) is 10.3. The second-order valence-electron chi connectivity index (χ2n) is 12.2. The fourth-order valence-corrected chi connectivity index (χ4v) is 5.91. The zero-order chi connectivity index (χ0) is 29.4. The molecule has 0 radical (unpaired) electrons. The number of rotatable bonds is 4. The van der Waals surface area contributed by atoms with Crippen LogP contribution in [0.25, 0.3) is 11.3 Å². The molecule has 0 N–H and O–H groups in total. The number of nitrogens with zero attached hydrogens (tertiary/aromatic N) is 3. The molecule has 0 fully saturated rings. The number of pyridine rings is 1. The van der Waals surface area contributed by atoms with Gasteiger partial charge in [-0.2, -0.15) is 24.3 Å². The third-order valence-corrected chi connectivity index (χ3v) is 8.39. The summed E-state index contributed by atoms with van der Waals surface area (Å²) in [5.41, 5.74) is 12.4. The molecule has 0 saturated heterocycles. The molecule has 0 amide bonds. The van der Waals surface area contributed by atoms with Gasteiger partial charge in [0.05, 0.1) is 0 Å². The van der Waals surface area contributed by atoms with Crippen LogP contribution in [-0.2, 0) is 25.5 Å². The van der Waals surface area contributed by atoms with E-state index in [2.05, 4.69) is 124 Å². The van der Waals surface area contributed by atoms with E-state index in [1.807, 2.05) is 48.5 Å². The topological polar surface area (TPSA) is 19.4 Å². The Hall–Kier alpha value is -3.72. The summed E-state index contributed by atoms with van der Waals surface area (Å²) in [5.74, 6) is 0.992.